The van der Waals surface area contributed by atoms with Gasteiger partial charge in [-0.15, -0.1) is 11.3 Å². The van der Waals surface area contributed by atoms with Gasteiger partial charge < -0.3 is 9.52 Å². The summed E-state index contributed by atoms with van der Waals surface area (Å²) in [4.78, 5) is 31.6. The lowest BCUT2D eigenvalue weighted by molar-refractivity contribution is 0.0697. The van der Waals surface area contributed by atoms with Gasteiger partial charge in [-0.25, -0.2) is 9.78 Å². The van der Waals surface area contributed by atoms with E-state index in [0.29, 0.717) is 23.2 Å². The molecule has 31 heavy (non-hydrogen) atoms. The minimum Gasteiger partial charge on any atom is -0.478 e. The molecule has 6 nitrogen and oxygen atoms in total. The van der Waals surface area contributed by atoms with Gasteiger partial charge in [0, 0.05) is 10.6 Å². The second kappa shape index (κ2) is 8.36. The first-order valence-electron chi connectivity index (χ1n) is 10.1. The Hall–Kier alpha value is -2.84. The Balaban J connectivity index is 1.53. The zero-order valence-corrected chi connectivity index (χ0v) is 18.3. The summed E-state index contributed by atoms with van der Waals surface area (Å²) in [5.41, 5.74) is 2.40. The molecule has 0 radical (unpaired) electrons. The van der Waals surface area contributed by atoms with Crippen LogP contribution in [0, 0.1) is 0 Å². The summed E-state index contributed by atoms with van der Waals surface area (Å²) in [6, 6.07) is 10.5. The van der Waals surface area contributed by atoms with Crippen LogP contribution in [0.1, 0.15) is 45.0 Å². The number of carboxylic acids is 1. The Labute approximate surface area is 186 Å². The molecule has 5 rings (SSSR count). The average Bonchev–Trinajstić information content (AvgIpc) is 3.42. The zero-order chi connectivity index (χ0) is 21.4. The molecule has 0 amide bonds. The molecular weight excluding hydrogens is 432 g/mol. The monoisotopic (exact) mass is 452 g/mol. The van der Waals surface area contributed by atoms with Crippen LogP contribution in [0.3, 0.4) is 0 Å². The molecule has 8 heteroatoms. The largest absolute Gasteiger partial charge is 0.478 e. The molecule has 0 saturated carbocycles. The molecule has 0 aliphatic heterocycles. The number of aromatic nitrogens is 2. The molecule has 0 unspecified atom stereocenters. The molecule has 0 atom stereocenters. The van der Waals surface area contributed by atoms with Gasteiger partial charge in [-0.05, 0) is 61.1 Å². The van der Waals surface area contributed by atoms with Crippen molar-refractivity contribution in [2.75, 3.05) is 0 Å². The molecule has 0 spiro atoms. The van der Waals surface area contributed by atoms with Crippen LogP contribution in [-0.4, -0.2) is 20.6 Å². The van der Waals surface area contributed by atoms with E-state index in [1.54, 1.807) is 46.4 Å². The van der Waals surface area contributed by atoms with E-state index in [1.807, 2.05) is 12.1 Å². The van der Waals surface area contributed by atoms with Crippen LogP contribution >= 0.6 is 23.1 Å². The summed E-state index contributed by atoms with van der Waals surface area (Å²) >= 11 is 3.13. The summed E-state index contributed by atoms with van der Waals surface area (Å²) in [5, 5.41) is 10.5. The Kier molecular flexibility index (Phi) is 5.41. The molecule has 1 N–H and O–H groups in total. The minimum atomic E-state index is -0.944. The molecule has 1 aliphatic carbocycles. The van der Waals surface area contributed by atoms with Gasteiger partial charge in [-0.3, -0.25) is 9.36 Å². The van der Waals surface area contributed by atoms with Gasteiger partial charge in [0.15, 0.2) is 5.16 Å². The van der Waals surface area contributed by atoms with Crippen LogP contribution in [0.5, 0.6) is 0 Å². The third kappa shape index (κ3) is 3.93. The number of thiophene rings is 1. The highest BCUT2D eigenvalue weighted by atomic mass is 32.2. The Morgan fingerprint density at radius 1 is 1.19 bits per heavy atom. The van der Waals surface area contributed by atoms with Crippen LogP contribution in [0.25, 0.3) is 10.2 Å². The summed E-state index contributed by atoms with van der Waals surface area (Å²) in [7, 11) is 0. The number of nitrogens with zero attached hydrogens (tertiary/aromatic N) is 2. The van der Waals surface area contributed by atoms with Gasteiger partial charge in [0.2, 0.25) is 0 Å². The number of carbonyl (C=O) groups is 1. The molecule has 4 aromatic rings. The van der Waals surface area contributed by atoms with Crippen LogP contribution in [0.15, 0.2) is 57.0 Å². The molecule has 3 heterocycles. The lowest BCUT2D eigenvalue weighted by atomic mass is 9.97. The number of aromatic carboxylic acids is 1. The number of carboxylic acid groups (broad SMARTS) is 1. The standard InChI is InChI=1S/C23H20N2O4S2/c26-21-19-17-5-1-2-6-18(17)31-20(19)24-23(25(21)12-16-4-3-11-29-16)30-13-14-7-9-15(10-8-14)22(27)28/h3-4,7-11H,1-2,5-6,12-13H2,(H,27,28). The van der Waals surface area contributed by atoms with Crippen molar-refractivity contribution in [2.24, 2.45) is 0 Å². The fraction of sp³-hybridized carbons (Fsp3) is 0.261. The van der Waals surface area contributed by atoms with Gasteiger partial charge in [0.05, 0.1) is 23.8 Å². The first kappa shape index (κ1) is 20.1. The number of benzene rings is 1. The van der Waals surface area contributed by atoms with Crippen LogP contribution in [-0.2, 0) is 25.1 Å². The van der Waals surface area contributed by atoms with Crippen molar-refractivity contribution in [3.8, 4) is 0 Å². The number of hydrogen-bond acceptors (Lipinski definition) is 6. The normalized spacial score (nSPS) is 13.4. The van der Waals surface area contributed by atoms with E-state index >= 15 is 0 Å². The maximum Gasteiger partial charge on any atom is 0.335 e. The predicted molar refractivity (Wildman–Crippen MR) is 121 cm³/mol. The van der Waals surface area contributed by atoms with Crippen LogP contribution in [0.2, 0.25) is 0 Å². The fourth-order valence-electron chi connectivity index (χ4n) is 3.92. The second-order valence-electron chi connectivity index (χ2n) is 7.55. The predicted octanol–water partition coefficient (Wildman–Crippen LogP) is 4.97. The first-order chi connectivity index (χ1) is 15.1. The summed E-state index contributed by atoms with van der Waals surface area (Å²) < 4.78 is 7.21. The SMILES string of the molecule is O=C(O)c1ccc(CSc2nc3sc4c(c3c(=O)n2Cc2ccco2)CCCC4)cc1. The highest BCUT2D eigenvalue weighted by Gasteiger charge is 2.22. The lowest BCUT2D eigenvalue weighted by Crippen LogP contribution is -2.24. The fourth-order valence-corrected chi connectivity index (χ4v) is 6.18. The van der Waals surface area contributed by atoms with E-state index in [1.165, 1.54) is 22.2 Å². The van der Waals surface area contributed by atoms with Crippen LogP contribution in [0.4, 0.5) is 0 Å². The van der Waals surface area contributed by atoms with Crippen molar-refractivity contribution < 1.29 is 14.3 Å². The molecule has 0 saturated heterocycles. The zero-order valence-electron chi connectivity index (χ0n) is 16.7. The Morgan fingerprint density at radius 2 is 2.00 bits per heavy atom. The third-order valence-corrected chi connectivity index (χ3v) is 7.74. The van der Waals surface area contributed by atoms with Crippen molar-refractivity contribution >= 4 is 39.3 Å². The van der Waals surface area contributed by atoms with Gasteiger partial charge in [-0.1, -0.05) is 23.9 Å². The van der Waals surface area contributed by atoms with Crippen molar-refractivity contribution in [3.63, 3.8) is 0 Å². The number of fused-ring (bicyclic) bond motifs is 3. The number of aryl methyl sites for hydroxylation is 2. The first-order valence-corrected chi connectivity index (χ1v) is 11.9. The van der Waals surface area contributed by atoms with Crippen molar-refractivity contribution in [3.05, 3.63) is 80.3 Å². The summed E-state index contributed by atoms with van der Waals surface area (Å²) in [5.74, 6) is 0.349. The van der Waals surface area contributed by atoms with Gasteiger partial charge >= 0.3 is 5.97 Å². The summed E-state index contributed by atoms with van der Waals surface area (Å²) in [6.45, 7) is 0.333. The van der Waals surface area contributed by atoms with Gasteiger partial charge in [0.1, 0.15) is 10.6 Å². The van der Waals surface area contributed by atoms with E-state index in [-0.39, 0.29) is 11.1 Å². The van der Waals surface area contributed by atoms with E-state index in [4.69, 9.17) is 14.5 Å². The van der Waals surface area contributed by atoms with E-state index in [2.05, 4.69) is 0 Å². The second-order valence-corrected chi connectivity index (χ2v) is 9.57. The smallest absolute Gasteiger partial charge is 0.335 e. The highest BCUT2D eigenvalue weighted by molar-refractivity contribution is 7.98. The molecule has 0 fully saturated rings. The molecular formula is C23H20N2O4S2. The summed E-state index contributed by atoms with van der Waals surface area (Å²) in [6.07, 6.45) is 5.84. The maximum absolute atomic E-state index is 13.5. The minimum absolute atomic E-state index is 0.00970. The lowest BCUT2D eigenvalue weighted by Gasteiger charge is -2.13. The average molecular weight is 453 g/mol. The number of hydrogen-bond donors (Lipinski definition) is 1. The number of thioether (sulfide) groups is 1. The van der Waals surface area contributed by atoms with E-state index in [9.17, 15) is 9.59 Å². The maximum atomic E-state index is 13.5. The molecule has 1 aromatic carbocycles. The molecule has 1 aliphatic rings. The number of furan rings is 1. The topological polar surface area (TPSA) is 85.3 Å². The van der Waals surface area contributed by atoms with Gasteiger partial charge in [0.25, 0.3) is 5.56 Å². The third-order valence-electron chi connectivity index (χ3n) is 5.50. The van der Waals surface area contributed by atoms with Gasteiger partial charge in [-0.2, -0.15) is 0 Å². The van der Waals surface area contributed by atoms with Crippen molar-refractivity contribution in [1.82, 2.24) is 9.55 Å². The molecule has 158 valence electrons. The molecule has 0 bridgehead atoms. The van der Waals surface area contributed by atoms with Crippen molar-refractivity contribution in [2.45, 2.75) is 43.1 Å². The molecule has 3 aromatic heterocycles. The van der Waals surface area contributed by atoms with E-state index < -0.39 is 5.97 Å². The van der Waals surface area contributed by atoms with Crippen LogP contribution < -0.4 is 5.56 Å². The Bertz CT molecular complexity index is 1300. The highest BCUT2D eigenvalue weighted by Crippen LogP contribution is 2.35. The Morgan fingerprint density at radius 3 is 2.74 bits per heavy atom. The number of rotatable bonds is 6. The quantitative estimate of drug-likeness (QED) is 0.328. The van der Waals surface area contributed by atoms with E-state index in [0.717, 1.165) is 41.5 Å². The van der Waals surface area contributed by atoms with Crippen molar-refractivity contribution in [1.29, 1.82) is 0 Å².